The van der Waals surface area contributed by atoms with Crippen molar-refractivity contribution in [2.24, 2.45) is 11.8 Å². The predicted molar refractivity (Wildman–Crippen MR) is 198 cm³/mol. The Balaban J connectivity index is 1.51. The molecular weight excluding hydrogens is 686 g/mol. The van der Waals surface area contributed by atoms with Gasteiger partial charge < -0.3 is 34.4 Å². The molecule has 3 heterocycles. The number of fused-ring (bicyclic) bond motifs is 1. The van der Waals surface area contributed by atoms with Gasteiger partial charge in [0.15, 0.2) is 0 Å². The number of aliphatic hydroxyl groups excluding tert-OH is 1. The van der Waals surface area contributed by atoms with Crippen LogP contribution < -0.4 is 10.2 Å². The minimum atomic E-state index is -1.28. The highest BCUT2D eigenvalue weighted by molar-refractivity contribution is 6.34. The van der Waals surface area contributed by atoms with Crippen LogP contribution in [0.4, 0.5) is 5.69 Å². The quantitative estimate of drug-likeness (QED) is 0.116. The molecule has 2 aromatic carbocycles. The largest absolute Gasteiger partial charge is 0.455 e. The minimum Gasteiger partial charge on any atom is -0.455 e. The van der Waals surface area contributed by atoms with Gasteiger partial charge in [-0.1, -0.05) is 66.2 Å². The summed E-state index contributed by atoms with van der Waals surface area (Å²) < 4.78 is 18.5. The predicted octanol–water partition coefficient (Wildman–Crippen LogP) is 5.09. The molecule has 12 heteroatoms. The first-order valence-electron chi connectivity index (χ1n) is 18.0. The van der Waals surface area contributed by atoms with E-state index in [1.54, 1.807) is 28.0 Å². The Morgan fingerprint density at radius 2 is 1.90 bits per heavy atom. The molecule has 3 aliphatic rings. The van der Waals surface area contributed by atoms with Crippen LogP contribution in [-0.2, 0) is 33.4 Å². The molecule has 0 unspecified atom stereocenters. The second-order valence-corrected chi connectivity index (χ2v) is 14.1. The van der Waals surface area contributed by atoms with Gasteiger partial charge in [0.25, 0.3) is 5.91 Å². The van der Waals surface area contributed by atoms with Gasteiger partial charge >= 0.3 is 5.97 Å². The number of benzene rings is 2. The third-order valence-electron chi connectivity index (χ3n) is 10.4. The van der Waals surface area contributed by atoms with Crippen LogP contribution in [0.3, 0.4) is 0 Å². The zero-order valence-electron chi connectivity index (χ0n) is 30.0. The van der Waals surface area contributed by atoms with Gasteiger partial charge in [0.05, 0.1) is 41.3 Å². The van der Waals surface area contributed by atoms with Crippen LogP contribution in [0.1, 0.15) is 62.2 Å². The zero-order chi connectivity index (χ0) is 37.4. The van der Waals surface area contributed by atoms with Crippen molar-refractivity contribution in [2.45, 2.75) is 81.8 Å². The number of aliphatic hydroxyl groups is 1. The Labute approximate surface area is 310 Å². The third kappa shape index (κ3) is 7.83. The van der Waals surface area contributed by atoms with Crippen LogP contribution >= 0.6 is 11.6 Å². The van der Waals surface area contributed by atoms with Gasteiger partial charge in [0.2, 0.25) is 11.8 Å². The number of nitrogens with one attached hydrogen (secondary N) is 1. The number of halogens is 1. The lowest BCUT2D eigenvalue weighted by molar-refractivity contribution is -0.163. The minimum absolute atomic E-state index is 0.0157. The molecule has 2 bridgehead atoms. The summed E-state index contributed by atoms with van der Waals surface area (Å²) in [6.07, 6.45) is 4.96. The van der Waals surface area contributed by atoms with Crippen molar-refractivity contribution < 1.29 is 38.5 Å². The summed E-state index contributed by atoms with van der Waals surface area (Å²) in [4.78, 5) is 60.1. The van der Waals surface area contributed by atoms with Crippen LogP contribution in [0.5, 0.6) is 0 Å². The van der Waals surface area contributed by atoms with E-state index in [0.717, 1.165) is 5.56 Å². The molecule has 5 rings (SSSR count). The number of rotatable bonds is 19. The Hall–Kier alpha value is -4.03. The highest BCUT2D eigenvalue weighted by Crippen LogP contribution is 2.59. The van der Waals surface area contributed by atoms with Crippen molar-refractivity contribution >= 4 is 41.0 Å². The number of para-hydroxylation sites is 1. The molecule has 3 saturated heterocycles. The Morgan fingerprint density at radius 3 is 2.58 bits per heavy atom. The number of aryl methyl sites for hydroxylation is 1. The van der Waals surface area contributed by atoms with E-state index in [9.17, 15) is 24.3 Å². The Kier molecular flexibility index (Phi) is 13.3. The number of ether oxygens (including phenoxy) is 3. The average molecular weight is 736 g/mol. The molecular formula is C40H50ClN3O8. The maximum absolute atomic E-state index is 14.9. The Bertz CT molecular complexity index is 1600. The smallest absolute Gasteiger partial charge is 0.313 e. The first kappa shape index (κ1) is 39.2. The molecule has 11 nitrogen and oxygen atoms in total. The summed E-state index contributed by atoms with van der Waals surface area (Å²) in [6, 6.07) is 12.7. The number of allylic oxidation sites excluding steroid dienone is 1. The second-order valence-electron chi connectivity index (χ2n) is 13.7. The van der Waals surface area contributed by atoms with Gasteiger partial charge in [-0.2, -0.15) is 0 Å². The van der Waals surface area contributed by atoms with Crippen LogP contribution in [0.2, 0.25) is 5.02 Å². The molecule has 52 heavy (non-hydrogen) atoms. The molecule has 3 aliphatic heterocycles. The molecule has 0 aliphatic carbocycles. The Morgan fingerprint density at radius 1 is 1.13 bits per heavy atom. The summed E-state index contributed by atoms with van der Waals surface area (Å²) in [7, 11) is 1.50. The lowest BCUT2D eigenvalue weighted by Gasteiger charge is -2.37. The molecule has 0 saturated carbocycles. The van der Waals surface area contributed by atoms with Crippen molar-refractivity contribution in [1.29, 1.82) is 0 Å². The lowest BCUT2D eigenvalue weighted by Crippen LogP contribution is -2.56. The van der Waals surface area contributed by atoms with E-state index in [4.69, 9.17) is 25.8 Å². The number of esters is 1. The van der Waals surface area contributed by atoms with Crippen molar-refractivity contribution in [2.75, 3.05) is 38.3 Å². The van der Waals surface area contributed by atoms with E-state index in [0.29, 0.717) is 54.8 Å². The standard InChI is InChI=1S/C40H50ClN3O8/c1-5-7-19-31(46)42-29(25-50-4)35(27-16-10-8-11-17-27)51-39(49)32-30-20-21-40(52-30)33(32)37(47)44(23-12-9-13-24-45)36(40)38(48)43(22-6-2)34-26(3)15-14-18-28(34)41/h5-6,8,10-11,14-18,29-30,32-33,35-36,45H,1-2,7,9,12-13,19-25H2,3-4H3,(H,42,46)/t29-,30+,32-,33-,35-,36+,40-/m1/s1. The van der Waals surface area contributed by atoms with Crippen molar-refractivity contribution in [3.8, 4) is 0 Å². The van der Waals surface area contributed by atoms with E-state index in [2.05, 4.69) is 18.5 Å². The van der Waals surface area contributed by atoms with Gasteiger partial charge in [-0.15, -0.1) is 13.2 Å². The number of carbonyl (C=O) groups excluding carboxylic acids is 4. The number of hydrogen-bond acceptors (Lipinski definition) is 8. The fourth-order valence-electron chi connectivity index (χ4n) is 8.17. The normalized spacial score (nSPS) is 24.2. The fraction of sp³-hybridized carbons (Fsp3) is 0.500. The molecule has 0 radical (unpaired) electrons. The fourth-order valence-corrected chi connectivity index (χ4v) is 8.49. The summed E-state index contributed by atoms with van der Waals surface area (Å²) >= 11 is 6.69. The maximum Gasteiger partial charge on any atom is 0.313 e. The number of unbranched alkanes of at least 4 members (excludes halogenated alkanes) is 2. The van der Waals surface area contributed by atoms with Gasteiger partial charge in [0.1, 0.15) is 17.7 Å². The van der Waals surface area contributed by atoms with Crippen LogP contribution in [-0.4, -0.2) is 90.9 Å². The second kappa shape index (κ2) is 17.7. The highest BCUT2D eigenvalue weighted by atomic mass is 35.5. The number of amides is 3. The van der Waals surface area contributed by atoms with Crippen molar-refractivity contribution in [3.63, 3.8) is 0 Å². The molecule has 0 aromatic heterocycles. The number of nitrogens with zero attached hydrogens (tertiary/aromatic N) is 2. The van der Waals surface area contributed by atoms with E-state index in [-0.39, 0.29) is 50.4 Å². The number of carbonyl (C=O) groups is 4. The number of methoxy groups -OCH3 is 1. The highest BCUT2D eigenvalue weighted by Gasteiger charge is 2.75. The third-order valence-corrected chi connectivity index (χ3v) is 10.7. The van der Waals surface area contributed by atoms with Crippen molar-refractivity contribution in [1.82, 2.24) is 10.2 Å². The molecule has 280 valence electrons. The first-order chi connectivity index (χ1) is 25.1. The van der Waals surface area contributed by atoms with E-state index >= 15 is 0 Å². The average Bonchev–Trinajstić information content (AvgIpc) is 3.78. The van der Waals surface area contributed by atoms with E-state index in [1.165, 1.54) is 7.11 Å². The van der Waals surface area contributed by atoms with Gasteiger partial charge in [-0.05, 0) is 62.6 Å². The monoisotopic (exact) mass is 735 g/mol. The summed E-state index contributed by atoms with van der Waals surface area (Å²) in [5.41, 5.74) is 0.673. The zero-order valence-corrected chi connectivity index (χ0v) is 30.8. The van der Waals surface area contributed by atoms with Gasteiger partial charge in [-0.25, -0.2) is 0 Å². The summed E-state index contributed by atoms with van der Waals surface area (Å²) in [5.74, 6) is -3.55. The summed E-state index contributed by atoms with van der Waals surface area (Å²) in [6.45, 7) is 9.90. The topological polar surface area (TPSA) is 135 Å². The number of anilines is 1. The molecule has 2 N–H and O–H groups in total. The van der Waals surface area contributed by atoms with Crippen LogP contribution in [0.15, 0.2) is 73.8 Å². The molecule has 3 fully saturated rings. The summed E-state index contributed by atoms with van der Waals surface area (Å²) in [5, 5.41) is 12.8. The molecule has 1 spiro atoms. The molecule has 2 aromatic rings. The lowest BCUT2D eigenvalue weighted by atomic mass is 9.70. The first-order valence-corrected chi connectivity index (χ1v) is 18.4. The van der Waals surface area contributed by atoms with E-state index < -0.39 is 47.7 Å². The van der Waals surface area contributed by atoms with E-state index in [1.807, 2.05) is 49.4 Å². The van der Waals surface area contributed by atoms with Crippen molar-refractivity contribution in [3.05, 3.63) is 90.0 Å². The van der Waals surface area contributed by atoms with Crippen LogP contribution in [0.25, 0.3) is 0 Å². The van der Waals surface area contributed by atoms with Gasteiger partial charge in [0, 0.05) is 33.2 Å². The number of hydrogen-bond donors (Lipinski definition) is 2. The maximum atomic E-state index is 14.9. The van der Waals surface area contributed by atoms with Gasteiger partial charge in [-0.3, -0.25) is 19.2 Å². The molecule has 3 amide bonds. The number of likely N-dealkylation sites (tertiary alicyclic amines) is 1. The molecule has 7 atom stereocenters. The SMILES string of the molecule is C=CCCC(=O)N[C@H](COC)[C@H](OC(=O)[C@@H]1[C@@H]2CC[C@]3(O2)[C@H](C(=O)N(CC=C)c2c(C)cccc2Cl)N(CCCCCO)C(=O)[C@@H]13)c1ccccc1. The van der Waals surface area contributed by atoms with Crippen LogP contribution in [0, 0.1) is 18.8 Å².